The number of aliphatic hydroxyl groups excluding tert-OH is 16. The molecular formula is C58H94O28. The van der Waals surface area contributed by atoms with Crippen LogP contribution in [-0.2, 0) is 56.9 Å². The Labute approximate surface area is 498 Å². The number of hydrogen-bond donors (Lipinski definition) is 16. The molecular weight excluding hydrogens is 1140 g/mol. The molecule has 28 nitrogen and oxygen atoms in total. The van der Waals surface area contributed by atoms with E-state index in [4.69, 9.17) is 52.1 Å². The normalized spacial score (nSPS) is 53.0. The van der Waals surface area contributed by atoms with E-state index >= 15 is 0 Å². The Morgan fingerprint density at radius 2 is 1.13 bits per heavy atom. The second-order valence-electron chi connectivity index (χ2n) is 26.8. The summed E-state index contributed by atoms with van der Waals surface area (Å²) in [7, 11) is 0. The number of ether oxygens (including phenoxy) is 11. The molecule has 6 heterocycles. The van der Waals surface area contributed by atoms with Crippen LogP contribution in [0.5, 0.6) is 0 Å². The molecule has 494 valence electrons. The Morgan fingerprint density at radius 3 is 1.77 bits per heavy atom. The van der Waals surface area contributed by atoms with E-state index in [0.717, 1.165) is 25.7 Å². The summed E-state index contributed by atoms with van der Waals surface area (Å²) < 4.78 is 67.1. The van der Waals surface area contributed by atoms with Gasteiger partial charge in [-0.2, -0.15) is 0 Å². The predicted octanol–water partition coefficient (Wildman–Crippen LogP) is -4.64. The quantitative estimate of drug-likeness (QED) is 0.0609. The van der Waals surface area contributed by atoms with Crippen molar-refractivity contribution in [1.82, 2.24) is 0 Å². The van der Waals surface area contributed by atoms with E-state index in [9.17, 15) is 86.5 Å². The molecule has 1 spiro atoms. The van der Waals surface area contributed by atoms with Crippen molar-refractivity contribution < 1.29 is 139 Å². The van der Waals surface area contributed by atoms with Gasteiger partial charge in [0.15, 0.2) is 37.2 Å². The molecule has 10 aliphatic rings. The van der Waals surface area contributed by atoms with Gasteiger partial charge in [0.25, 0.3) is 0 Å². The number of hydrogen-bond acceptors (Lipinski definition) is 28. The van der Waals surface area contributed by atoms with Crippen molar-refractivity contribution in [3.8, 4) is 0 Å². The monoisotopic (exact) mass is 1240 g/mol. The van der Waals surface area contributed by atoms with Gasteiger partial charge in [0.2, 0.25) is 0 Å². The van der Waals surface area contributed by atoms with E-state index < -0.39 is 216 Å². The van der Waals surface area contributed by atoms with Crippen molar-refractivity contribution in [2.75, 3.05) is 39.6 Å². The molecule has 0 aromatic heterocycles. The lowest BCUT2D eigenvalue weighted by molar-refractivity contribution is -0.406. The second-order valence-corrected chi connectivity index (χ2v) is 26.8. The molecule has 0 unspecified atom stereocenters. The van der Waals surface area contributed by atoms with Crippen molar-refractivity contribution in [3.05, 3.63) is 11.1 Å². The fraction of sp³-hybridized carbons (Fsp3) is 0.948. The standard InChI is InChI=1S/C58H94O28/c1-7-27(63)29-16-23(2)58(86-29)15-14-55(5)26-8-9-33-54(4,25(26)10-13-56(55,58)6)12-11-34(57(33,21-61)22-62)82-50-44(74)42(72)38(68)32(81-50)20-77-52-47(36(66)28(64)19-76-52)84-53-48(85-49-43(73)40(70)35(65)24(3)78-49)46(39(69)31(18-60)80-53)83-51-45(75)41(71)37(67)30(17-59)79-51/h23-24,28-53,59-62,64-75H,7-22H2,1-6H3/t23-,24+,28+,29-,30-,31-,32-,33-,34+,35+,36+,37-,38-,39-,40-,41+,42+,43-,44-,45-,46+,47-,48-,49+,50+,51+,52+,53+,54-,55+,56+,58+/m1/s1. The van der Waals surface area contributed by atoms with Gasteiger partial charge in [0, 0.05) is 17.3 Å². The highest BCUT2D eigenvalue weighted by Crippen LogP contribution is 2.75. The molecule has 0 bridgehead atoms. The van der Waals surface area contributed by atoms with Crippen LogP contribution in [0.3, 0.4) is 0 Å². The average molecular weight is 1240 g/mol. The van der Waals surface area contributed by atoms with E-state index in [1.165, 1.54) is 18.1 Å². The van der Waals surface area contributed by atoms with E-state index in [0.29, 0.717) is 32.1 Å². The fourth-order valence-corrected chi connectivity index (χ4v) is 17.2. The molecule has 16 N–H and O–H groups in total. The zero-order chi connectivity index (χ0) is 62.5. The molecule has 28 heteroatoms. The number of ketones is 1. The maximum Gasteiger partial charge on any atom is 0.187 e. The van der Waals surface area contributed by atoms with E-state index in [1.54, 1.807) is 0 Å². The summed E-state index contributed by atoms with van der Waals surface area (Å²) in [6.45, 7) is 8.16. The summed E-state index contributed by atoms with van der Waals surface area (Å²) in [5.41, 5.74) is -0.0221. The molecule has 6 aliphatic heterocycles. The third-order valence-corrected chi connectivity index (χ3v) is 22.6. The molecule has 4 aliphatic carbocycles. The number of fused-ring (bicyclic) bond motifs is 5. The Hall–Kier alpha value is -1.67. The minimum absolute atomic E-state index is 0.129. The lowest BCUT2D eigenvalue weighted by Gasteiger charge is -2.64. The van der Waals surface area contributed by atoms with Gasteiger partial charge >= 0.3 is 0 Å². The molecule has 6 saturated heterocycles. The predicted molar refractivity (Wildman–Crippen MR) is 287 cm³/mol. The van der Waals surface area contributed by atoms with Crippen molar-refractivity contribution in [2.45, 2.75) is 271 Å². The molecule has 0 radical (unpaired) electrons. The molecule has 0 aromatic rings. The number of rotatable bonds is 17. The van der Waals surface area contributed by atoms with E-state index in [2.05, 4.69) is 27.7 Å². The lowest BCUT2D eigenvalue weighted by Crippen LogP contribution is -2.68. The number of Topliss-reactive ketones (excluding diaryl/α,β-unsaturated/α-hetero) is 1. The highest BCUT2D eigenvalue weighted by molar-refractivity contribution is 5.83. The first-order chi connectivity index (χ1) is 40.7. The SMILES string of the molecule is CCC(=O)[C@H]1C[C@@H](C)[C@]2(CC[C@@]3(C)C4=C(CC[C@@]32C)[C@@]2(C)CC[C@H](O[C@@H]3O[C@H](CO[C@@H]5OC[C@H](O)[C@H](O)[C@H]5O[C@@H]5O[C@H](CO)[C@@H](O)[C@H](O[C@@H]6O[C@H](CO)[C@@H](O)[C@H](O)[C@H]6O)[C@H]5O[C@@H]5O[C@@H](C)[C@H](O)[C@@H](O)[C@H]5O)[C@@H](O)[C@H](O)[C@H]3O)C(CO)(CO)[C@@H]2CC4)O1. The van der Waals surface area contributed by atoms with Gasteiger partial charge in [-0.3, -0.25) is 4.79 Å². The summed E-state index contributed by atoms with van der Waals surface area (Å²) in [6.07, 6.45) is -38.6. The molecule has 0 amide bonds. The highest BCUT2D eigenvalue weighted by Gasteiger charge is 2.72. The number of carbonyl (C=O) groups excluding carboxylic acids is 1. The van der Waals surface area contributed by atoms with Gasteiger partial charge in [-0.15, -0.1) is 0 Å². The van der Waals surface area contributed by atoms with Crippen LogP contribution in [0.4, 0.5) is 0 Å². The van der Waals surface area contributed by atoms with E-state index in [1.807, 2.05) is 6.92 Å². The highest BCUT2D eigenvalue weighted by atomic mass is 16.8. The number of aliphatic hydroxyl groups is 16. The third kappa shape index (κ3) is 10.9. The van der Waals surface area contributed by atoms with Gasteiger partial charge in [0.1, 0.15) is 116 Å². The van der Waals surface area contributed by atoms with E-state index in [-0.39, 0.29) is 34.9 Å². The van der Waals surface area contributed by atoms with Crippen LogP contribution in [0, 0.1) is 33.5 Å². The second kappa shape index (κ2) is 25.7. The molecule has 2 saturated carbocycles. The smallest absolute Gasteiger partial charge is 0.187 e. The Bertz CT molecular complexity index is 2370. The van der Waals surface area contributed by atoms with Gasteiger partial charge in [-0.1, -0.05) is 45.8 Å². The maximum absolute atomic E-state index is 13.0. The molecule has 32 atom stereocenters. The summed E-state index contributed by atoms with van der Waals surface area (Å²) in [5.74, 6) is -0.000538. The van der Waals surface area contributed by atoms with Crippen LogP contribution in [0.1, 0.15) is 106 Å². The van der Waals surface area contributed by atoms with Crippen molar-refractivity contribution in [3.63, 3.8) is 0 Å². The summed E-state index contributed by atoms with van der Waals surface area (Å²) >= 11 is 0. The fourth-order valence-electron chi connectivity index (χ4n) is 17.2. The molecule has 8 fully saturated rings. The maximum atomic E-state index is 13.0. The number of carbonyl (C=O) groups is 1. The Morgan fingerprint density at radius 1 is 0.558 bits per heavy atom. The zero-order valence-electron chi connectivity index (χ0n) is 49.5. The van der Waals surface area contributed by atoms with Crippen LogP contribution in [0.15, 0.2) is 11.1 Å². The Balaban J connectivity index is 0.867. The molecule has 0 aromatic carbocycles. The van der Waals surface area contributed by atoms with Crippen LogP contribution < -0.4 is 0 Å². The average Bonchev–Trinajstić information content (AvgIpc) is 1.42. The van der Waals surface area contributed by atoms with Crippen molar-refractivity contribution >= 4 is 5.78 Å². The topological polar surface area (TPSA) is 442 Å². The lowest BCUT2D eigenvalue weighted by atomic mass is 9.42. The summed E-state index contributed by atoms with van der Waals surface area (Å²) in [4.78, 5) is 13.0. The van der Waals surface area contributed by atoms with Crippen molar-refractivity contribution in [2.24, 2.45) is 33.5 Å². The minimum Gasteiger partial charge on any atom is -0.396 e. The first-order valence-electron chi connectivity index (χ1n) is 30.7. The van der Waals surface area contributed by atoms with Crippen molar-refractivity contribution in [1.29, 1.82) is 0 Å². The van der Waals surface area contributed by atoms with Crippen LogP contribution in [0.25, 0.3) is 0 Å². The minimum atomic E-state index is -2.06. The molecule has 10 rings (SSSR count). The summed E-state index contributed by atoms with van der Waals surface area (Å²) in [5, 5.41) is 176. The van der Waals surface area contributed by atoms with Crippen LogP contribution in [-0.4, -0.2) is 292 Å². The van der Waals surface area contributed by atoms with Gasteiger partial charge in [0.05, 0.1) is 57.5 Å². The first-order valence-corrected chi connectivity index (χ1v) is 30.7. The Kier molecular flexibility index (Phi) is 20.1. The third-order valence-electron chi connectivity index (χ3n) is 22.6. The van der Waals surface area contributed by atoms with Gasteiger partial charge in [-0.25, -0.2) is 0 Å². The van der Waals surface area contributed by atoms with Crippen LogP contribution >= 0.6 is 0 Å². The van der Waals surface area contributed by atoms with Gasteiger partial charge < -0.3 is 134 Å². The van der Waals surface area contributed by atoms with Gasteiger partial charge in [-0.05, 0) is 87.4 Å². The molecule has 86 heavy (non-hydrogen) atoms. The zero-order valence-corrected chi connectivity index (χ0v) is 49.5. The largest absolute Gasteiger partial charge is 0.396 e. The van der Waals surface area contributed by atoms with Crippen LogP contribution in [0.2, 0.25) is 0 Å². The number of allylic oxidation sites excluding steroid dienone is 2. The first kappa shape index (κ1) is 67.2. The summed E-state index contributed by atoms with van der Waals surface area (Å²) in [6, 6.07) is 0.